The number of rotatable bonds is 8. The molecule has 2 N–H and O–H groups in total. The molecule has 144 valence electrons. The SMILES string of the molecule is CC(=O)Nc1ccc(C(C)=O)cc1OCC(=O)NC(c1cccs1)C(C)C. The van der Waals surface area contributed by atoms with Crippen LogP contribution in [0.3, 0.4) is 0 Å². The zero-order valence-electron chi connectivity index (χ0n) is 15.9. The molecule has 0 aliphatic rings. The maximum atomic E-state index is 12.4. The van der Waals surface area contributed by atoms with Gasteiger partial charge in [-0.3, -0.25) is 14.4 Å². The monoisotopic (exact) mass is 388 g/mol. The summed E-state index contributed by atoms with van der Waals surface area (Å²) in [6, 6.07) is 8.56. The van der Waals surface area contributed by atoms with Gasteiger partial charge in [-0.15, -0.1) is 11.3 Å². The number of hydrogen-bond donors (Lipinski definition) is 2. The van der Waals surface area contributed by atoms with Crippen molar-refractivity contribution in [2.75, 3.05) is 11.9 Å². The Morgan fingerprint density at radius 2 is 1.89 bits per heavy atom. The van der Waals surface area contributed by atoms with Gasteiger partial charge in [0.05, 0.1) is 11.7 Å². The van der Waals surface area contributed by atoms with Crippen LogP contribution in [0.5, 0.6) is 5.75 Å². The van der Waals surface area contributed by atoms with E-state index in [2.05, 4.69) is 10.6 Å². The number of Topliss-reactive ketones (excluding diaryl/α,β-unsaturated/α-hetero) is 1. The first-order chi connectivity index (χ1) is 12.8. The van der Waals surface area contributed by atoms with Crippen LogP contribution in [0.4, 0.5) is 5.69 Å². The Balaban J connectivity index is 2.09. The third kappa shape index (κ3) is 5.92. The van der Waals surface area contributed by atoms with Gasteiger partial charge in [-0.1, -0.05) is 19.9 Å². The number of hydrogen-bond acceptors (Lipinski definition) is 5. The van der Waals surface area contributed by atoms with Gasteiger partial charge in [0.15, 0.2) is 12.4 Å². The van der Waals surface area contributed by atoms with Gasteiger partial charge >= 0.3 is 0 Å². The summed E-state index contributed by atoms with van der Waals surface area (Å²) >= 11 is 1.59. The van der Waals surface area contributed by atoms with Crippen molar-refractivity contribution in [3.05, 3.63) is 46.2 Å². The Morgan fingerprint density at radius 1 is 1.15 bits per heavy atom. The Kier molecular flexibility index (Phi) is 7.12. The Morgan fingerprint density at radius 3 is 2.44 bits per heavy atom. The number of ketones is 1. The van der Waals surface area contributed by atoms with Gasteiger partial charge in [0, 0.05) is 17.4 Å². The van der Waals surface area contributed by atoms with Gasteiger partial charge in [-0.05, 0) is 42.5 Å². The first-order valence-electron chi connectivity index (χ1n) is 8.66. The lowest BCUT2D eigenvalue weighted by molar-refractivity contribution is -0.124. The van der Waals surface area contributed by atoms with Gasteiger partial charge in [0.25, 0.3) is 5.91 Å². The number of anilines is 1. The summed E-state index contributed by atoms with van der Waals surface area (Å²) in [6.45, 7) is 6.68. The van der Waals surface area contributed by atoms with E-state index in [9.17, 15) is 14.4 Å². The molecule has 1 aromatic carbocycles. The van der Waals surface area contributed by atoms with E-state index in [1.54, 1.807) is 23.5 Å². The molecule has 0 aliphatic heterocycles. The molecule has 0 saturated heterocycles. The fraction of sp³-hybridized carbons (Fsp3) is 0.350. The van der Waals surface area contributed by atoms with E-state index in [0.717, 1.165) is 4.88 Å². The molecule has 6 nitrogen and oxygen atoms in total. The summed E-state index contributed by atoms with van der Waals surface area (Å²) in [4.78, 5) is 36.4. The number of nitrogens with one attached hydrogen (secondary N) is 2. The third-order valence-electron chi connectivity index (χ3n) is 3.89. The van der Waals surface area contributed by atoms with Crippen molar-refractivity contribution in [2.24, 2.45) is 5.92 Å². The van der Waals surface area contributed by atoms with Crippen LogP contribution in [0, 0.1) is 5.92 Å². The number of ether oxygens (including phenoxy) is 1. The highest BCUT2D eigenvalue weighted by molar-refractivity contribution is 7.10. The minimum absolute atomic E-state index is 0.0977. The van der Waals surface area contributed by atoms with Crippen LogP contribution in [0.25, 0.3) is 0 Å². The summed E-state index contributed by atoms with van der Waals surface area (Å²) in [7, 11) is 0. The number of carbonyl (C=O) groups is 3. The molecule has 2 amide bonds. The summed E-state index contributed by atoms with van der Waals surface area (Å²) in [5, 5.41) is 7.59. The Bertz CT molecular complexity index is 815. The molecule has 2 rings (SSSR count). The molecule has 0 bridgehead atoms. The molecular weight excluding hydrogens is 364 g/mol. The van der Waals surface area contributed by atoms with E-state index in [1.165, 1.54) is 19.9 Å². The molecule has 1 aromatic heterocycles. The molecule has 7 heteroatoms. The lowest BCUT2D eigenvalue weighted by Gasteiger charge is -2.21. The fourth-order valence-electron chi connectivity index (χ4n) is 2.55. The molecule has 0 radical (unpaired) electrons. The average Bonchev–Trinajstić information content (AvgIpc) is 3.12. The van der Waals surface area contributed by atoms with Crippen LogP contribution in [-0.2, 0) is 9.59 Å². The van der Waals surface area contributed by atoms with Crippen LogP contribution in [0.2, 0.25) is 0 Å². The lowest BCUT2D eigenvalue weighted by Crippen LogP contribution is -2.34. The standard InChI is InChI=1S/C20H24N2O4S/c1-12(2)20(18-6-5-9-27-18)22-19(25)11-26-17-10-15(13(3)23)7-8-16(17)21-14(4)24/h5-10,12,20H,11H2,1-4H3,(H,21,24)(H,22,25). The second-order valence-corrected chi connectivity index (χ2v) is 7.52. The summed E-state index contributed by atoms with van der Waals surface area (Å²) in [5.74, 6) is -0.161. The van der Waals surface area contributed by atoms with Gasteiger partial charge in [-0.2, -0.15) is 0 Å². The summed E-state index contributed by atoms with van der Waals surface area (Å²) < 4.78 is 5.61. The first-order valence-corrected chi connectivity index (χ1v) is 9.54. The van der Waals surface area contributed by atoms with Gasteiger partial charge < -0.3 is 15.4 Å². The van der Waals surface area contributed by atoms with Crippen LogP contribution >= 0.6 is 11.3 Å². The smallest absolute Gasteiger partial charge is 0.258 e. The van der Waals surface area contributed by atoms with Gasteiger partial charge in [-0.25, -0.2) is 0 Å². The quantitative estimate of drug-likeness (QED) is 0.674. The summed E-state index contributed by atoms with van der Waals surface area (Å²) in [6.07, 6.45) is 0. The van der Waals surface area contributed by atoms with Crippen LogP contribution in [-0.4, -0.2) is 24.2 Å². The van der Waals surface area contributed by atoms with Gasteiger partial charge in [0.1, 0.15) is 5.75 Å². The topological polar surface area (TPSA) is 84.5 Å². The molecular formula is C20H24N2O4S. The number of benzene rings is 1. The van der Waals surface area contributed by atoms with Crippen molar-refractivity contribution < 1.29 is 19.1 Å². The second kappa shape index (κ2) is 9.32. The van der Waals surface area contributed by atoms with Crippen LogP contribution < -0.4 is 15.4 Å². The average molecular weight is 388 g/mol. The number of carbonyl (C=O) groups excluding carboxylic acids is 3. The summed E-state index contributed by atoms with van der Waals surface area (Å²) in [5.41, 5.74) is 0.858. The normalized spacial score (nSPS) is 11.7. The van der Waals surface area contributed by atoms with E-state index < -0.39 is 0 Å². The zero-order chi connectivity index (χ0) is 20.0. The highest BCUT2D eigenvalue weighted by Gasteiger charge is 2.20. The Hall–Kier alpha value is -2.67. The van der Waals surface area contributed by atoms with E-state index >= 15 is 0 Å². The molecule has 0 fully saturated rings. The fourth-order valence-corrected chi connectivity index (χ4v) is 3.50. The maximum absolute atomic E-state index is 12.4. The largest absolute Gasteiger partial charge is 0.482 e. The molecule has 0 spiro atoms. The number of thiophene rings is 1. The predicted octanol–water partition coefficient (Wildman–Crippen LogP) is 3.80. The molecule has 27 heavy (non-hydrogen) atoms. The minimum Gasteiger partial charge on any atom is -0.482 e. The molecule has 1 heterocycles. The Labute approximate surface area is 162 Å². The lowest BCUT2D eigenvalue weighted by atomic mass is 10.0. The molecule has 1 atom stereocenters. The third-order valence-corrected chi connectivity index (χ3v) is 4.85. The minimum atomic E-state index is -0.274. The first kappa shape index (κ1) is 20.6. The molecule has 1 unspecified atom stereocenters. The van der Waals surface area contributed by atoms with Crippen LogP contribution in [0.15, 0.2) is 35.7 Å². The van der Waals surface area contributed by atoms with Gasteiger partial charge in [0.2, 0.25) is 5.91 Å². The molecule has 0 saturated carbocycles. The number of amides is 2. The van der Waals surface area contributed by atoms with E-state index in [4.69, 9.17) is 4.74 Å². The van der Waals surface area contributed by atoms with Crippen molar-refractivity contribution >= 4 is 34.6 Å². The van der Waals surface area contributed by atoms with Crippen molar-refractivity contribution in [1.82, 2.24) is 5.32 Å². The molecule has 2 aromatic rings. The van der Waals surface area contributed by atoms with E-state index in [-0.39, 0.29) is 41.9 Å². The van der Waals surface area contributed by atoms with Crippen molar-refractivity contribution in [1.29, 1.82) is 0 Å². The highest BCUT2D eigenvalue weighted by atomic mass is 32.1. The van der Waals surface area contributed by atoms with Crippen molar-refractivity contribution in [3.63, 3.8) is 0 Å². The van der Waals surface area contributed by atoms with Crippen LogP contribution in [0.1, 0.15) is 49.0 Å². The predicted molar refractivity (Wildman–Crippen MR) is 106 cm³/mol. The molecule has 0 aliphatic carbocycles. The maximum Gasteiger partial charge on any atom is 0.258 e. The highest BCUT2D eigenvalue weighted by Crippen LogP contribution is 2.27. The van der Waals surface area contributed by atoms with Crippen molar-refractivity contribution in [3.8, 4) is 5.75 Å². The van der Waals surface area contributed by atoms with E-state index in [1.807, 2.05) is 31.4 Å². The van der Waals surface area contributed by atoms with E-state index in [0.29, 0.717) is 11.3 Å². The zero-order valence-corrected chi connectivity index (χ0v) is 16.7. The van der Waals surface area contributed by atoms with Crippen molar-refractivity contribution in [2.45, 2.75) is 33.7 Å². The second-order valence-electron chi connectivity index (χ2n) is 6.54.